The van der Waals surface area contributed by atoms with E-state index in [2.05, 4.69) is 10.1 Å². The predicted molar refractivity (Wildman–Crippen MR) is 104 cm³/mol. The summed E-state index contributed by atoms with van der Waals surface area (Å²) in [7, 11) is 0. The van der Waals surface area contributed by atoms with Gasteiger partial charge in [0, 0.05) is 40.4 Å². The zero-order valence-corrected chi connectivity index (χ0v) is 16.3. The summed E-state index contributed by atoms with van der Waals surface area (Å²) in [6.45, 7) is -1.49. The van der Waals surface area contributed by atoms with Gasteiger partial charge in [0.25, 0.3) is 5.91 Å². The second kappa shape index (κ2) is 8.62. The zero-order valence-electron chi connectivity index (χ0n) is 18.3. The van der Waals surface area contributed by atoms with Crippen LogP contribution in [-0.4, -0.2) is 58.1 Å². The molecule has 0 N–H and O–H groups in total. The number of rotatable bonds is 4. The Morgan fingerprint density at radius 1 is 1.23 bits per heavy atom. The Hall–Kier alpha value is -3.01. The molecular weight excluding hydrogens is 416 g/mol. The number of nitrogens with zero attached hydrogens (tertiary/aromatic N) is 4. The lowest BCUT2D eigenvalue weighted by Gasteiger charge is -2.19. The van der Waals surface area contributed by atoms with Crippen LogP contribution in [0.15, 0.2) is 36.5 Å². The van der Waals surface area contributed by atoms with Crippen molar-refractivity contribution in [1.29, 1.82) is 0 Å². The molecule has 0 aliphatic carbocycles. The van der Waals surface area contributed by atoms with E-state index >= 15 is 0 Å². The average molecular weight is 438 g/mol. The van der Waals surface area contributed by atoms with Gasteiger partial charge in [0.2, 0.25) is 0 Å². The summed E-state index contributed by atoms with van der Waals surface area (Å²) < 4.78 is 74.8. The van der Waals surface area contributed by atoms with Crippen LogP contribution in [-0.2, 0) is 17.7 Å². The fourth-order valence-corrected chi connectivity index (χ4v) is 3.43. The number of carbonyl (C=O) groups is 1. The molecule has 3 heterocycles. The van der Waals surface area contributed by atoms with Crippen molar-refractivity contribution in [3.05, 3.63) is 59.3 Å². The largest absolute Gasteiger partial charge is 0.408 e. The molecule has 1 aliphatic rings. The fourth-order valence-electron chi connectivity index (χ4n) is 3.43. The minimum absolute atomic E-state index is 0.0613. The van der Waals surface area contributed by atoms with E-state index < -0.39 is 30.8 Å². The number of fused-ring (bicyclic) bond motifs is 1. The van der Waals surface area contributed by atoms with Crippen LogP contribution in [0.4, 0.5) is 17.6 Å². The van der Waals surface area contributed by atoms with Gasteiger partial charge in [0.15, 0.2) is 0 Å². The standard InChI is InChI=1S/C21H20F4N4O2/c22-15-4-1-3-14(9-15)10-17-16-12-26-18(20(30)28-5-2-7-31-8-6-28)11-19(16)29(27-17)13-21(23,24)25/h1,3-4,9,11-12H,2,5-8,10,13H2/i2D2. The molecule has 4 rings (SSSR count). The number of ether oxygens (including phenoxy) is 1. The minimum Gasteiger partial charge on any atom is -0.380 e. The molecule has 0 unspecified atom stereocenters. The Labute approximate surface area is 178 Å². The van der Waals surface area contributed by atoms with Gasteiger partial charge in [0.05, 0.1) is 17.8 Å². The average Bonchev–Trinajstić information content (AvgIpc) is 2.92. The summed E-state index contributed by atoms with van der Waals surface area (Å²) in [4.78, 5) is 18.3. The van der Waals surface area contributed by atoms with Crippen molar-refractivity contribution in [3.63, 3.8) is 0 Å². The molecule has 2 aromatic heterocycles. The number of pyridine rings is 1. The summed E-state index contributed by atoms with van der Waals surface area (Å²) in [5.41, 5.74) is 0.735. The molecule has 6 nitrogen and oxygen atoms in total. The highest BCUT2D eigenvalue weighted by Gasteiger charge is 2.30. The quantitative estimate of drug-likeness (QED) is 0.585. The number of amides is 1. The molecule has 0 saturated carbocycles. The van der Waals surface area contributed by atoms with E-state index in [0.717, 1.165) is 4.68 Å². The SMILES string of the molecule is [2H]C1([2H])COCCN(C(=O)c2cc3c(cn2)c(Cc2cccc(F)c2)nn3CC(F)(F)F)C1. The molecule has 31 heavy (non-hydrogen) atoms. The third-order valence-corrected chi connectivity index (χ3v) is 4.82. The second-order valence-electron chi connectivity index (χ2n) is 7.14. The maximum Gasteiger partial charge on any atom is 0.408 e. The van der Waals surface area contributed by atoms with Crippen LogP contribution >= 0.6 is 0 Å². The Bertz CT molecular complexity index is 1180. The Morgan fingerprint density at radius 3 is 2.84 bits per heavy atom. The number of benzene rings is 1. The van der Waals surface area contributed by atoms with Crippen LogP contribution in [0.1, 0.15) is 30.9 Å². The number of hydrogen-bond donors (Lipinski definition) is 0. The van der Waals surface area contributed by atoms with Crippen molar-refractivity contribution in [2.75, 3.05) is 26.3 Å². The molecule has 10 heteroatoms. The van der Waals surface area contributed by atoms with Crippen molar-refractivity contribution in [2.45, 2.75) is 25.5 Å². The maximum atomic E-state index is 13.5. The topological polar surface area (TPSA) is 60.2 Å². The first-order chi connectivity index (χ1) is 15.5. The normalized spacial score (nSPS) is 17.9. The predicted octanol–water partition coefficient (Wildman–Crippen LogP) is 3.59. The highest BCUT2D eigenvalue weighted by atomic mass is 19.4. The Morgan fingerprint density at radius 2 is 2.06 bits per heavy atom. The van der Waals surface area contributed by atoms with E-state index in [0.29, 0.717) is 10.9 Å². The lowest BCUT2D eigenvalue weighted by Crippen LogP contribution is -2.33. The van der Waals surface area contributed by atoms with Crippen LogP contribution < -0.4 is 0 Å². The third-order valence-electron chi connectivity index (χ3n) is 4.82. The van der Waals surface area contributed by atoms with Crippen LogP contribution in [0.3, 0.4) is 0 Å². The zero-order chi connectivity index (χ0) is 23.8. The second-order valence-corrected chi connectivity index (χ2v) is 7.14. The van der Waals surface area contributed by atoms with Gasteiger partial charge in [-0.3, -0.25) is 14.5 Å². The Balaban J connectivity index is 1.72. The minimum atomic E-state index is -4.55. The summed E-state index contributed by atoms with van der Waals surface area (Å²) in [6.07, 6.45) is -4.95. The Kier molecular flexibility index (Phi) is 5.21. The molecule has 1 fully saturated rings. The van der Waals surface area contributed by atoms with Crippen LogP contribution in [0.5, 0.6) is 0 Å². The molecular formula is C21H20F4N4O2. The van der Waals surface area contributed by atoms with Gasteiger partial charge in [-0.05, 0) is 30.1 Å². The summed E-state index contributed by atoms with van der Waals surface area (Å²) >= 11 is 0. The van der Waals surface area contributed by atoms with Gasteiger partial charge in [-0.15, -0.1) is 0 Å². The lowest BCUT2D eigenvalue weighted by atomic mass is 10.1. The van der Waals surface area contributed by atoms with Crippen molar-refractivity contribution in [1.82, 2.24) is 19.7 Å². The highest BCUT2D eigenvalue weighted by Crippen LogP contribution is 2.26. The van der Waals surface area contributed by atoms with Gasteiger partial charge in [0.1, 0.15) is 18.1 Å². The van der Waals surface area contributed by atoms with E-state index in [1.807, 2.05) is 0 Å². The van der Waals surface area contributed by atoms with Gasteiger partial charge in [-0.25, -0.2) is 4.39 Å². The van der Waals surface area contributed by atoms with E-state index in [-0.39, 0.29) is 49.6 Å². The first kappa shape index (κ1) is 18.7. The molecule has 0 spiro atoms. The maximum absolute atomic E-state index is 13.5. The summed E-state index contributed by atoms with van der Waals surface area (Å²) in [5.74, 6) is -1.09. The summed E-state index contributed by atoms with van der Waals surface area (Å²) in [6, 6.07) is 6.90. The van der Waals surface area contributed by atoms with Crippen LogP contribution in [0.25, 0.3) is 10.9 Å². The smallest absolute Gasteiger partial charge is 0.380 e. The molecule has 1 saturated heterocycles. The van der Waals surface area contributed by atoms with Gasteiger partial charge in [-0.1, -0.05) is 12.1 Å². The molecule has 0 radical (unpaired) electrons. The van der Waals surface area contributed by atoms with Crippen molar-refractivity contribution < 1.29 is 29.8 Å². The molecule has 3 aromatic rings. The van der Waals surface area contributed by atoms with Gasteiger partial charge >= 0.3 is 6.18 Å². The van der Waals surface area contributed by atoms with Crippen molar-refractivity contribution in [3.8, 4) is 0 Å². The molecule has 1 amide bonds. The molecule has 0 atom stereocenters. The van der Waals surface area contributed by atoms with Crippen LogP contribution in [0.2, 0.25) is 0 Å². The summed E-state index contributed by atoms with van der Waals surface area (Å²) in [5, 5.41) is 4.39. The number of alkyl halides is 3. The van der Waals surface area contributed by atoms with Crippen LogP contribution in [0, 0.1) is 5.82 Å². The molecule has 1 aromatic carbocycles. The first-order valence-electron chi connectivity index (χ1n) is 10.5. The number of carbonyl (C=O) groups excluding carboxylic acids is 1. The highest BCUT2D eigenvalue weighted by molar-refractivity contribution is 5.96. The third kappa shape index (κ3) is 5.01. The number of aromatic nitrogens is 3. The fraction of sp³-hybridized carbons (Fsp3) is 0.381. The monoisotopic (exact) mass is 438 g/mol. The number of halogens is 4. The van der Waals surface area contributed by atoms with Crippen molar-refractivity contribution in [2.24, 2.45) is 0 Å². The van der Waals surface area contributed by atoms with Gasteiger partial charge in [-0.2, -0.15) is 18.3 Å². The molecule has 0 bridgehead atoms. The van der Waals surface area contributed by atoms with E-state index in [1.165, 1.54) is 35.4 Å². The molecule has 164 valence electrons. The first-order valence-corrected chi connectivity index (χ1v) is 9.54. The lowest BCUT2D eigenvalue weighted by molar-refractivity contribution is -0.141. The van der Waals surface area contributed by atoms with Crippen molar-refractivity contribution >= 4 is 16.8 Å². The van der Waals surface area contributed by atoms with Gasteiger partial charge < -0.3 is 9.64 Å². The van der Waals surface area contributed by atoms with E-state index in [4.69, 9.17) is 7.48 Å². The van der Waals surface area contributed by atoms with E-state index in [1.54, 1.807) is 6.07 Å². The van der Waals surface area contributed by atoms with E-state index in [9.17, 15) is 22.4 Å². The molecule has 1 aliphatic heterocycles. The number of hydrogen-bond acceptors (Lipinski definition) is 4.